The number of hydrogen-bond acceptors (Lipinski definition) is 4. The number of rotatable bonds is 8. The summed E-state index contributed by atoms with van der Waals surface area (Å²) in [4.78, 5) is 25.0. The topological polar surface area (TPSA) is 74.8 Å². The lowest BCUT2D eigenvalue weighted by atomic mass is 9.96. The second kappa shape index (κ2) is 9.91. The molecule has 1 heterocycles. The second-order valence-corrected chi connectivity index (χ2v) is 9.43. The molecule has 10 heteroatoms. The van der Waals surface area contributed by atoms with E-state index in [0.717, 1.165) is 4.90 Å². The molecule has 168 valence electrons. The molecule has 0 saturated carbocycles. The van der Waals surface area contributed by atoms with Gasteiger partial charge < -0.3 is 4.90 Å². The molecule has 0 bridgehead atoms. The lowest BCUT2D eigenvalue weighted by molar-refractivity contribution is -0.164. The number of sulfonamides is 1. The van der Waals surface area contributed by atoms with Crippen LogP contribution in [0.15, 0.2) is 29.2 Å². The van der Waals surface area contributed by atoms with Crippen molar-refractivity contribution in [3.8, 4) is 0 Å². The van der Waals surface area contributed by atoms with Crippen molar-refractivity contribution in [2.45, 2.75) is 50.6 Å². The van der Waals surface area contributed by atoms with Crippen LogP contribution in [0.25, 0.3) is 0 Å². The summed E-state index contributed by atoms with van der Waals surface area (Å²) in [5, 5.41) is 0. The smallest absolute Gasteiger partial charge is 0.333 e. The quantitative estimate of drug-likeness (QED) is 0.571. The molecule has 1 aromatic rings. The van der Waals surface area contributed by atoms with E-state index in [1.54, 1.807) is 0 Å². The van der Waals surface area contributed by atoms with Crippen LogP contribution in [-0.2, 0) is 14.8 Å². The first-order valence-electron chi connectivity index (χ1n) is 9.92. The summed E-state index contributed by atoms with van der Waals surface area (Å²) in [6, 6.07) is 5.72. The average molecular weight is 449 g/mol. The lowest BCUT2D eigenvalue weighted by Gasteiger charge is -2.34. The fourth-order valence-corrected chi connectivity index (χ4v) is 4.97. The van der Waals surface area contributed by atoms with Gasteiger partial charge in [0.05, 0.1) is 4.90 Å². The summed E-state index contributed by atoms with van der Waals surface area (Å²) in [7, 11) is -3.85. The summed E-state index contributed by atoms with van der Waals surface area (Å²) in [5.74, 6) is -1.47. The van der Waals surface area contributed by atoms with Crippen LogP contribution in [-0.4, -0.2) is 61.7 Å². The van der Waals surface area contributed by atoms with Gasteiger partial charge in [-0.3, -0.25) is 9.59 Å². The summed E-state index contributed by atoms with van der Waals surface area (Å²) >= 11 is 0. The van der Waals surface area contributed by atoms with Crippen molar-refractivity contribution in [3.05, 3.63) is 29.8 Å². The monoisotopic (exact) mass is 448 g/mol. The zero-order valence-electron chi connectivity index (χ0n) is 17.1. The van der Waals surface area contributed by atoms with E-state index in [0.29, 0.717) is 12.8 Å². The van der Waals surface area contributed by atoms with E-state index in [-0.39, 0.29) is 48.7 Å². The number of unbranched alkanes of at least 4 members (excludes halogenated alkanes) is 1. The second-order valence-electron chi connectivity index (χ2n) is 7.49. The van der Waals surface area contributed by atoms with Gasteiger partial charge in [-0.1, -0.05) is 25.5 Å². The Labute approximate surface area is 175 Å². The fraction of sp³-hybridized carbons (Fsp3) is 0.600. The molecule has 1 fully saturated rings. The van der Waals surface area contributed by atoms with Crippen molar-refractivity contribution >= 4 is 21.7 Å². The van der Waals surface area contributed by atoms with E-state index in [4.69, 9.17) is 0 Å². The van der Waals surface area contributed by atoms with Crippen LogP contribution in [0, 0.1) is 5.92 Å². The first-order valence-corrected chi connectivity index (χ1v) is 11.4. The van der Waals surface area contributed by atoms with Gasteiger partial charge in [0.2, 0.25) is 15.9 Å². The maximum absolute atomic E-state index is 12.9. The van der Waals surface area contributed by atoms with Crippen LogP contribution in [0.5, 0.6) is 0 Å². The molecule has 30 heavy (non-hydrogen) atoms. The van der Waals surface area contributed by atoms with Gasteiger partial charge in [-0.05, 0) is 38.3 Å². The van der Waals surface area contributed by atoms with Crippen LogP contribution in [0.1, 0.15) is 49.9 Å². The molecule has 0 spiro atoms. The van der Waals surface area contributed by atoms with E-state index in [2.05, 4.69) is 0 Å². The Morgan fingerprint density at radius 1 is 1.20 bits per heavy atom. The van der Waals surface area contributed by atoms with Gasteiger partial charge >= 0.3 is 6.18 Å². The number of piperidine rings is 1. The number of hydrogen-bond donors (Lipinski definition) is 0. The number of benzene rings is 1. The molecular formula is C20H27F3N2O4S. The number of nitrogens with zero attached hydrogens (tertiary/aromatic N) is 2. The van der Waals surface area contributed by atoms with Crippen molar-refractivity contribution < 1.29 is 31.2 Å². The van der Waals surface area contributed by atoms with Crippen molar-refractivity contribution in [2.24, 2.45) is 5.92 Å². The van der Waals surface area contributed by atoms with Gasteiger partial charge in [0, 0.05) is 31.1 Å². The number of halogens is 3. The number of amides is 1. The molecule has 0 unspecified atom stereocenters. The zero-order chi connectivity index (χ0) is 22.5. The Balaban J connectivity index is 2.07. The predicted octanol–water partition coefficient (Wildman–Crippen LogP) is 3.48. The minimum absolute atomic E-state index is 0.0124. The number of alkyl halides is 3. The van der Waals surface area contributed by atoms with Crippen molar-refractivity contribution in [1.29, 1.82) is 0 Å². The van der Waals surface area contributed by atoms with Gasteiger partial charge in [0.15, 0.2) is 5.78 Å². The number of Topliss-reactive ketones (excluding diaryl/α,β-unsaturated/α-hetero) is 1. The molecule has 6 nitrogen and oxygen atoms in total. The maximum Gasteiger partial charge on any atom is 0.406 e. The normalized spacial score (nSPS) is 16.4. The standard InChI is InChI=1S/C20H27F3N2O4S/c1-3-4-10-24(14-20(21,22)23)19(27)16-8-11-25(12-9-16)30(28,29)18-7-5-6-17(13-18)15(2)26/h5-7,13,16H,3-4,8-12,14H2,1-2H3. The van der Waals surface area contributed by atoms with E-state index in [1.165, 1.54) is 35.5 Å². The van der Waals surface area contributed by atoms with E-state index in [9.17, 15) is 31.2 Å². The van der Waals surface area contributed by atoms with E-state index in [1.807, 2.05) is 6.92 Å². The molecule has 2 rings (SSSR count). The summed E-state index contributed by atoms with van der Waals surface area (Å²) in [6.07, 6.45) is -3.02. The summed E-state index contributed by atoms with van der Waals surface area (Å²) in [6.45, 7) is 2.00. The third-order valence-electron chi connectivity index (χ3n) is 5.14. The largest absolute Gasteiger partial charge is 0.406 e. The third kappa shape index (κ3) is 6.28. The number of carbonyl (C=O) groups is 2. The molecule has 1 aliphatic rings. The highest BCUT2D eigenvalue weighted by Gasteiger charge is 2.38. The molecule has 1 aliphatic heterocycles. The molecule has 0 radical (unpaired) electrons. The Hall–Kier alpha value is -1.94. The summed E-state index contributed by atoms with van der Waals surface area (Å²) < 4.78 is 65.5. The van der Waals surface area contributed by atoms with Crippen LogP contribution in [0.2, 0.25) is 0 Å². The molecule has 0 aromatic heterocycles. The van der Waals surface area contributed by atoms with Gasteiger partial charge in [-0.15, -0.1) is 0 Å². The number of ketones is 1. The molecule has 1 aromatic carbocycles. The Morgan fingerprint density at radius 3 is 2.37 bits per heavy atom. The predicted molar refractivity (Wildman–Crippen MR) is 105 cm³/mol. The fourth-order valence-electron chi connectivity index (χ4n) is 3.46. The van der Waals surface area contributed by atoms with Gasteiger partial charge in [0.1, 0.15) is 6.54 Å². The lowest BCUT2D eigenvalue weighted by Crippen LogP contribution is -2.47. The average Bonchev–Trinajstić information content (AvgIpc) is 2.70. The van der Waals surface area contributed by atoms with Crippen LogP contribution in [0.3, 0.4) is 0 Å². The molecule has 0 atom stereocenters. The SMILES string of the molecule is CCCCN(CC(F)(F)F)C(=O)C1CCN(S(=O)(=O)c2cccc(C(C)=O)c2)CC1. The minimum Gasteiger partial charge on any atom is -0.333 e. The highest BCUT2D eigenvalue weighted by atomic mass is 32.2. The van der Waals surface area contributed by atoms with Crippen molar-refractivity contribution in [3.63, 3.8) is 0 Å². The molecule has 1 amide bonds. The third-order valence-corrected chi connectivity index (χ3v) is 7.04. The number of carbonyl (C=O) groups excluding carboxylic acids is 2. The zero-order valence-corrected chi connectivity index (χ0v) is 17.9. The van der Waals surface area contributed by atoms with Gasteiger partial charge in [-0.25, -0.2) is 8.42 Å². The Bertz CT molecular complexity index is 863. The molecule has 0 aliphatic carbocycles. The summed E-state index contributed by atoms with van der Waals surface area (Å²) in [5.41, 5.74) is 0.278. The van der Waals surface area contributed by atoms with E-state index >= 15 is 0 Å². The van der Waals surface area contributed by atoms with Gasteiger partial charge in [-0.2, -0.15) is 17.5 Å². The highest BCUT2D eigenvalue weighted by Crippen LogP contribution is 2.27. The Kier molecular flexibility index (Phi) is 8.04. The van der Waals surface area contributed by atoms with Crippen molar-refractivity contribution in [2.75, 3.05) is 26.2 Å². The molecule has 1 saturated heterocycles. The van der Waals surface area contributed by atoms with E-state index < -0.39 is 34.6 Å². The first-order chi connectivity index (χ1) is 14.0. The highest BCUT2D eigenvalue weighted by molar-refractivity contribution is 7.89. The first kappa shape index (κ1) is 24.3. The Morgan fingerprint density at radius 2 is 1.83 bits per heavy atom. The van der Waals surface area contributed by atoms with Crippen LogP contribution in [0.4, 0.5) is 13.2 Å². The minimum atomic E-state index is -4.48. The maximum atomic E-state index is 12.9. The molecule has 0 N–H and O–H groups in total. The van der Waals surface area contributed by atoms with Crippen LogP contribution >= 0.6 is 0 Å². The van der Waals surface area contributed by atoms with Crippen molar-refractivity contribution in [1.82, 2.24) is 9.21 Å². The molecular weight excluding hydrogens is 421 g/mol. The van der Waals surface area contributed by atoms with Crippen LogP contribution < -0.4 is 0 Å². The van der Waals surface area contributed by atoms with Gasteiger partial charge in [0.25, 0.3) is 0 Å².